The van der Waals surface area contributed by atoms with Crippen molar-refractivity contribution in [1.29, 1.82) is 0 Å². The van der Waals surface area contributed by atoms with E-state index >= 15 is 0 Å². The van der Waals surface area contributed by atoms with Gasteiger partial charge in [-0.25, -0.2) is 12.7 Å². The lowest BCUT2D eigenvalue weighted by Gasteiger charge is -2.19. The van der Waals surface area contributed by atoms with Gasteiger partial charge in [0.25, 0.3) is 0 Å². The van der Waals surface area contributed by atoms with E-state index in [0.29, 0.717) is 8.95 Å². The molecule has 0 bridgehead atoms. The van der Waals surface area contributed by atoms with Crippen molar-refractivity contribution in [3.63, 3.8) is 0 Å². The van der Waals surface area contributed by atoms with Crippen molar-refractivity contribution in [2.75, 3.05) is 26.4 Å². The summed E-state index contributed by atoms with van der Waals surface area (Å²) in [6, 6.07) is 3.10. The fourth-order valence-corrected chi connectivity index (χ4v) is 4.66. The number of esters is 1. The van der Waals surface area contributed by atoms with Gasteiger partial charge in [0.05, 0.1) is 19.2 Å². The summed E-state index contributed by atoms with van der Waals surface area (Å²) in [6.07, 6.45) is -0.0275. The number of ether oxygens (including phenoxy) is 1. The molecule has 0 saturated heterocycles. The second-order valence-corrected chi connectivity index (χ2v) is 7.71. The predicted molar refractivity (Wildman–Crippen MR) is 82.7 cm³/mol. The van der Waals surface area contributed by atoms with Crippen molar-refractivity contribution in [2.24, 2.45) is 0 Å². The molecule has 0 spiro atoms. The van der Waals surface area contributed by atoms with Crippen molar-refractivity contribution < 1.29 is 17.9 Å². The number of benzene rings is 1. The molecule has 1 aromatic rings. The van der Waals surface area contributed by atoms with Crippen LogP contribution in [0.2, 0.25) is 0 Å². The molecule has 0 aliphatic heterocycles. The smallest absolute Gasteiger partial charge is 0.306 e. The standard InChI is InChI=1S/C11H14Br2N2O4S/c1-15(4-3-10(16)19-2)20(17,18)11-8(13)5-7(12)6-9(11)14/h5-6H,3-4,14H2,1-2H3. The maximum Gasteiger partial charge on any atom is 0.306 e. The summed E-state index contributed by atoms with van der Waals surface area (Å²) in [7, 11) is -1.16. The van der Waals surface area contributed by atoms with Crippen molar-refractivity contribution in [1.82, 2.24) is 4.31 Å². The van der Waals surface area contributed by atoms with E-state index in [-0.39, 0.29) is 23.5 Å². The zero-order chi connectivity index (χ0) is 15.5. The Labute approximate surface area is 134 Å². The fraction of sp³-hybridized carbons (Fsp3) is 0.364. The molecule has 0 aliphatic rings. The van der Waals surface area contributed by atoms with Crippen LogP contribution in [0.25, 0.3) is 0 Å². The SMILES string of the molecule is COC(=O)CCN(C)S(=O)(=O)c1c(N)cc(Br)cc1Br. The highest BCUT2D eigenvalue weighted by Crippen LogP contribution is 2.33. The summed E-state index contributed by atoms with van der Waals surface area (Å²) in [4.78, 5) is 11.1. The molecular formula is C11H14Br2N2O4S. The highest BCUT2D eigenvalue weighted by Gasteiger charge is 2.26. The van der Waals surface area contributed by atoms with Gasteiger partial charge in [-0.1, -0.05) is 15.9 Å². The monoisotopic (exact) mass is 428 g/mol. The Morgan fingerprint density at radius 3 is 2.50 bits per heavy atom. The molecule has 20 heavy (non-hydrogen) atoms. The van der Waals surface area contributed by atoms with Gasteiger partial charge in [0, 0.05) is 22.5 Å². The van der Waals surface area contributed by atoms with Crippen molar-refractivity contribution >= 4 is 53.5 Å². The first-order valence-electron chi connectivity index (χ1n) is 5.47. The normalized spacial score (nSPS) is 11.7. The third-order valence-electron chi connectivity index (χ3n) is 2.56. The van der Waals surface area contributed by atoms with Crippen LogP contribution >= 0.6 is 31.9 Å². The van der Waals surface area contributed by atoms with Crippen molar-refractivity contribution in [2.45, 2.75) is 11.3 Å². The van der Waals surface area contributed by atoms with E-state index in [1.165, 1.54) is 20.2 Å². The number of carbonyl (C=O) groups is 1. The summed E-state index contributed by atoms with van der Waals surface area (Å²) in [5.74, 6) is -0.477. The van der Waals surface area contributed by atoms with Crippen LogP contribution < -0.4 is 5.73 Å². The van der Waals surface area contributed by atoms with E-state index in [0.717, 1.165) is 4.31 Å². The summed E-state index contributed by atoms with van der Waals surface area (Å²) >= 11 is 6.42. The first-order valence-corrected chi connectivity index (χ1v) is 8.50. The molecule has 0 unspecified atom stereocenters. The molecule has 0 radical (unpaired) electrons. The number of nitrogen functional groups attached to an aromatic ring is 1. The number of sulfonamides is 1. The van der Waals surface area contributed by atoms with Crippen LogP contribution in [0.3, 0.4) is 0 Å². The van der Waals surface area contributed by atoms with E-state index < -0.39 is 16.0 Å². The number of halogens is 2. The Bertz CT molecular complexity index is 596. The van der Waals surface area contributed by atoms with Gasteiger partial charge in [-0.15, -0.1) is 0 Å². The van der Waals surface area contributed by atoms with E-state index in [2.05, 4.69) is 36.6 Å². The lowest BCUT2D eigenvalue weighted by Crippen LogP contribution is -2.30. The molecule has 0 amide bonds. The molecule has 112 valence electrons. The summed E-state index contributed by atoms with van der Waals surface area (Å²) in [5, 5.41) is 0. The lowest BCUT2D eigenvalue weighted by molar-refractivity contribution is -0.140. The number of rotatable bonds is 5. The second-order valence-electron chi connectivity index (χ2n) is 3.96. The second kappa shape index (κ2) is 6.88. The Morgan fingerprint density at radius 2 is 2.00 bits per heavy atom. The molecule has 1 aromatic carbocycles. The van der Waals surface area contributed by atoms with Gasteiger partial charge < -0.3 is 10.5 Å². The summed E-state index contributed by atoms with van der Waals surface area (Å²) in [5.41, 5.74) is 5.89. The topological polar surface area (TPSA) is 89.7 Å². The molecule has 0 atom stereocenters. The highest BCUT2D eigenvalue weighted by molar-refractivity contribution is 9.11. The van der Waals surface area contributed by atoms with Crippen LogP contribution in [-0.2, 0) is 19.6 Å². The lowest BCUT2D eigenvalue weighted by atomic mass is 10.3. The molecular weight excluding hydrogens is 416 g/mol. The van der Waals surface area contributed by atoms with Crippen LogP contribution in [0, 0.1) is 0 Å². The van der Waals surface area contributed by atoms with Crippen LogP contribution in [0.1, 0.15) is 6.42 Å². The Balaban J connectivity index is 3.08. The number of methoxy groups -OCH3 is 1. The largest absolute Gasteiger partial charge is 0.469 e. The minimum atomic E-state index is -3.79. The molecule has 9 heteroatoms. The van der Waals surface area contributed by atoms with Gasteiger partial charge in [0.15, 0.2) is 0 Å². The Morgan fingerprint density at radius 1 is 1.40 bits per heavy atom. The number of anilines is 1. The first kappa shape index (κ1) is 17.4. The number of hydrogen-bond acceptors (Lipinski definition) is 5. The minimum absolute atomic E-state index is 0.0109. The molecule has 0 aromatic heterocycles. The Kier molecular flexibility index (Phi) is 5.99. The number of hydrogen-bond donors (Lipinski definition) is 1. The van der Waals surface area contributed by atoms with Crippen LogP contribution in [0.4, 0.5) is 5.69 Å². The third-order valence-corrected chi connectivity index (χ3v) is 5.88. The van der Waals surface area contributed by atoms with Crippen LogP contribution in [0.15, 0.2) is 26.0 Å². The Hall–Kier alpha value is -0.640. The maximum atomic E-state index is 12.4. The van der Waals surface area contributed by atoms with Gasteiger partial charge in [-0.3, -0.25) is 4.79 Å². The average Bonchev–Trinajstić information content (AvgIpc) is 2.33. The van der Waals surface area contributed by atoms with E-state index in [1.54, 1.807) is 6.07 Å². The average molecular weight is 430 g/mol. The van der Waals surface area contributed by atoms with E-state index in [1.807, 2.05) is 0 Å². The highest BCUT2D eigenvalue weighted by atomic mass is 79.9. The zero-order valence-corrected chi connectivity index (χ0v) is 14.9. The quantitative estimate of drug-likeness (QED) is 0.570. The van der Waals surface area contributed by atoms with Crippen molar-refractivity contribution in [3.05, 3.63) is 21.1 Å². The van der Waals surface area contributed by atoms with Gasteiger partial charge >= 0.3 is 5.97 Å². The van der Waals surface area contributed by atoms with Crippen molar-refractivity contribution in [3.8, 4) is 0 Å². The van der Waals surface area contributed by atoms with Crippen LogP contribution in [0.5, 0.6) is 0 Å². The van der Waals surface area contributed by atoms with Gasteiger partial charge in [0.2, 0.25) is 10.0 Å². The summed E-state index contributed by atoms with van der Waals surface area (Å²) < 4.78 is 31.4. The minimum Gasteiger partial charge on any atom is -0.469 e. The molecule has 0 saturated carbocycles. The predicted octanol–water partition coefficient (Wildman–Crippen LogP) is 1.98. The molecule has 0 aliphatic carbocycles. The maximum absolute atomic E-state index is 12.4. The third kappa shape index (κ3) is 3.94. The molecule has 0 heterocycles. The fourth-order valence-electron chi connectivity index (χ4n) is 1.48. The number of nitrogens with two attached hydrogens (primary N) is 1. The molecule has 0 fully saturated rings. The van der Waals surface area contributed by atoms with E-state index in [4.69, 9.17) is 5.73 Å². The molecule has 1 rings (SSSR count). The van der Waals surface area contributed by atoms with Crippen LogP contribution in [-0.4, -0.2) is 39.4 Å². The van der Waals surface area contributed by atoms with Gasteiger partial charge in [0.1, 0.15) is 4.90 Å². The van der Waals surface area contributed by atoms with E-state index in [9.17, 15) is 13.2 Å². The first-order chi connectivity index (χ1) is 9.20. The number of nitrogens with zero attached hydrogens (tertiary/aromatic N) is 1. The van der Waals surface area contributed by atoms with Gasteiger partial charge in [-0.05, 0) is 28.1 Å². The summed E-state index contributed by atoms with van der Waals surface area (Å²) in [6.45, 7) is 0.0109. The zero-order valence-electron chi connectivity index (χ0n) is 10.9. The molecule has 2 N–H and O–H groups in total. The molecule has 6 nitrogen and oxygen atoms in total. The number of carbonyl (C=O) groups excluding carboxylic acids is 1. The van der Waals surface area contributed by atoms with Gasteiger partial charge in [-0.2, -0.15) is 0 Å².